The lowest BCUT2D eigenvalue weighted by atomic mass is 10.1. The van der Waals surface area contributed by atoms with Crippen molar-refractivity contribution in [2.45, 2.75) is 12.8 Å². The normalized spacial score (nSPS) is 15.7. The lowest BCUT2D eigenvalue weighted by Gasteiger charge is -2.16. The first-order valence-electron chi connectivity index (χ1n) is 4.90. The summed E-state index contributed by atoms with van der Waals surface area (Å²) in [4.78, 5) is 24.1. The van der Waals surface area contributed by atoms with Gasteiger partial charge >= 0.3 is 0 Å². The molecular formula is C12H10ClNO2. The minimum Gasteiger partial charge on any atom is -0.274 e. The van der Waals surface area contributed by atoms with E-state index >= 15 is 0 Å². The third kappa shape index (κ3) is 1.86. The highest BCUT2D eigenvalue weighted by Crippen LogP contribution is 2.25. The zero-order valence-electron chi connectivity index (χ0n) is 8.57. The molecular weight excluding hydrogens is 226 g/mol. The molecule has 1 aromatic carbocycles. The fourth-order valence-electron chi connectivity index (χ4n) is 1.65. The molecule has 0 aromatic heterocycles. The van der Waals surface area contributed by atoms with Crippen LogP contribution in [0.1, 0.15) is 18.4 Å². The molecule has 0 unspecified atom stereocenters. The third-order valence-corrected chi connectivity index (χ3v) is 2.75. The van der Waals surface area contributed by atoms with Crippen LogP contribution in [0.4, 0.5) is 0 Å². The summed E-state index contributed by atoms with van der Waals surface area (Å²) in [5, 5.41) is 0.607. The maximum Gasteiger partial charge on any atom is 0.234 e. The molecule has 82 valence electrons. The number of carbonyl (C=O) groups is 2. The monoisotopic (exact) mass is 235 g/mol. The number of imide groups is 1. The number of carbonyl (C=O) groups excluding carboxylic acids is 2. The molecule has 1 aromatic rings. The third-order valence-electron chi connectivity index (χ3n) is 2.50. The van der Waals surface area contributed by atoms with Crippen LogP contribution in [-0.2, 0) is 9.59 Å². The van der Waals surface area contributed by atoms with E-state index in [1.165, 1.54) is 0 Å². The molecule has 3 nitrogen and oxygen atoms in total. The van der Waals surface area contributed by atoms with E-state index in [1.54, 1.807) is 24.3 Å². The molecule has 0 radical (unpaired) electrons. The molecule has 0 bridgehead atoms. The highest BCUT2D eigenvalue weighted by molar-refractivity contribution is 6.30. The van der Waals surface area contributed by atoms with E-state index in [1.807, 2.05) is 0 Å². The number of likely N-dealkylation sites (tertiary alicyclic amines) is 1. The molecule has 2 rings (SSSR count). The standard InChI is InChI=1S/C12H10ClNO2/c1-8(9-2-4-10(13)5-3-9)14-11(15)6-7-12(14)16/h2-5H,1,6-7H2. The first-order valence-corrected chi connectivity index (χ1v) is 5.28. The maximum atomic E-state index is 11.5. The SMILES string of the molecule is C=C(c1ccc(Cl)cc1)N1C(=O)CCC1=O. The van der Waals surface area contributed by atoms with Crippen molar-refractivity contribution in [1.82, 2.24) is 4.90 Å². The number of amides is 2. The Bertz CT molecular complexity index is 448. The van der Waals surface area contributed by atoms with Gasteiger partial charge in [-0.2, -0.15) is 0 Å². The van der Waals surface area contributed by atoms with Crippen molar-refractivity contribution < 1.29 is 9.59 Å². The van der Waals surface area contributed by atoms with Gasteiger partial charge in [0.2, 0.25) is 11.8 Å². The number of benzene rings is 1. The van der Waals surface area contributed by atoms with Crippen LogP contribution < -0.4 is 0 Å². The molecule has 0 spiro atoms. The zero-order valence-corrected chi connectivity index (χ0v) is 9.33. The molecule has 16 heavy (non-hydrogen) atoms. The van der Waals surface area contributed by atoms with Crippen LogP contribution in [0.15, 0.2) is 30.8 Å². The molecule has 0 aliphatic carbocycles. The van der Waals surface area contributed by atoms with Gasteiger partial charge in [0, 0.05) is 17.9 Å². The molecule has 0 saturated carbocycles. The van der Waals surface area contributed by atoms with E-state index in [0.29, 0.717) is 10.7 Å². The lowest BCUT2D eigenvalue weighted by Crippen LogP contribution is -2.26. The van der Waals surface area contributed by atoms with Crippen LogP contribution in [0.25, 0.3) is 5.70 Å². The van der Waals surface area contributed by atoms with Gasteiger partial charge in [-0.15, -0.1) is 0 Å². The Morgan fingerprint density at radius 3 is 2.12 bits per heavy atom. The summed E-state index contributed by atoms with van der Waals surface area (Å²) in [6.45, 7) is 3.78. The van der Waals surface area contributed by atoms with Crippen molar-refractivity contribution in [2.75, 3.05) is 0 Å². The minimum atomic E-state index is -0.190. The lowest BCUT2D eigenvalue weighted by molar-refractivity contribution is -0.134. The van der Waals surface area contributed by atoms with Crippen LogP contribution >= 0.6 is 11.6 Å². The van der Waals surface area contributed by atoms with Crippen molar-refractivity contribution >= 4 is 29.1 Å². The average Bonchev–Trinajstić information content (AvgIpc) is 2.59. The minimum absolute atomic E-state index is 0.190. The number of nitrogens with zero attached hydrogens (tertiary/aromatic N) is 1. The van der Waals surface area contributed by atoms with Crippen molar-refractivity contribution in [1.29, 1.82) is 0 Å². The Morgan fingerprint density at radius 2 is 1.62 bits per heavy atom. The van der Waals surface area contributed by atoms with Gasteiger partial charge in [-0.3, -0.25) is 14.5 Å². The summed E-state index contributed by atoms with van der Waals surface area (Å²) < 4.78 is 0. The van der Waals surface area contributed by atoms with Crippen molar-refractivity contribution in [2.24, 2.45) is 0 Å². The van der Waals surface area contributed by atoms with E-state index in [2.05, 4.69) is 6.58 Å². The van der Waals surface area contributed by atoms with Gasteiger partial charge in [0.1, 0.15) is 0 Å². The maximum absolute atomic E-state index is 11.5. The largest absolute Gasteiger partial charge is 0.274 e. The second kappa shape index (κ2) is 4.10. The average molecular weight is 236 g/mol. The molecule has 1 aliphatic rings. The Hall–Kier alpha value is -1.61. The number of halogens is 1. The second-order valence-electron chi connectivity index (χ2n) is 3.58. The van der Waals surface area contributed by atoms with Crippen molar-refractivity contribution in [3.05, 3.63) is 41.4 Å². The van der Waals surface area contributed by atoms with Gasteiger partial charge in [0.25, 0.3) is 0 Å². The van der Waals surface area contributed by atoms with Gasteiger partial charge in [-0.25, -0.2) is 0 Å². The molecule has 2 amide bonds. The van der Waals surface area contributed by atoms with E-state index < -0.39 is 0 Å². The van der Waals surface area contributed by atoms with Gasteiger partial charge < -0.3 is 0 Å². The smallest absolute Gasteiger partial charge is 0.234 e. The molecule has 1 aliphatic heterocycles. The van der Waals surface area contributed by atoms with Crippen molar-refractivity contribution in [3.8, 4) is 0 Å². The molecule has 0 N–H and O–H groups in total. The number of hydrogen-bond donors (Lipinski definition) is 0. The second-order valence-corrected chi connectivity index (χ2v) is 4.01. The van der Waals surface area contributed by atoms with Crippen LogP contribution in [0.5, 0.6) is 0 Å². The summed E-state index contributed by atoms with van der Waals surface area (Å²) in [5.74, 6) is -0.380. The Morgan fingerprint density at radius 1 is 1.12 bits per heavy atom. The highest BCUT2D eigenvalue weighted by Gasteiger charge is 2.31. The molecule has 4 heteroatoms. The van der Waals surface area contributed by atoms with Gasteiger partial charge in [-0.05, 0) is 17.7 Å². The first kappa shape index (κ1) is 10.9. The highest BCUT2D eigenvalue weighted by atomic mass is 35.5. The van der Waals surface area contributed by atoms with Crippen molar-refractivity contribution in [3.63, 3.8) is 0 Å². The predicted octanol–water partition coefficient (Wildman–Crippen LogP) is 2.46. The van der Waals surface area contributed by atoms with Gasteiger partial charge in [0.05, 0.1) is 5.70 Å². The van der Waals surface area contributed by atoms with Crippen LogP contribution in [0.3, 0.4) is 0 Å². The molecule has 1 fully saturated rings. The predicted molar refractivity (Wildman–Crippen MR) is 61.6 cm³/mol. The summed E-state index contributed by atoms with van der Waals surface area (Å²) in [5.41, 5.74) is 1.15. The summed E-state index contributed by atoms with van der Waals surface area (Å²) in [6.07, 6.45) is 0.539. The van der Waals surface area contributed by atoms with E-state index in [4.69, 9.17) is 11.6 Å². The Balaban J connectivity index is 2.28. The topological polar surface area (TPSA) is 37.4 Å². The van der Waals surface area contributed by atoms with E-state index in [0.717, 1.165) is 10.5 Å². The van der Waals surface area contributed by atoms with Crippen LogP contribution in [0, 0.1) is 0 Å². The summed E-state index contributed by atoms with van der Waals surface area (Å²) in [6, 6.07) is 6.88. The van der Waals surface area contributed by atoms with Gasteiger partial charge in [-0.1, -0.05) is 30.3 Å². The molecule has 1 saturated heterocycles. The number of hydrogen-bond acceptors (Lipinski definition) is 2. The Kier molecular flexibility index (Phi) is 2.79. The molecule has 0 atom stereocenters. The van der Waals surface area contributed by atoms with Gasteiger partial charge in [0.15, 0.2) is 0 Å². The fourth-order valence-corrected chi connectivity index (χ4v) is 1.77. The van der Waals surface area contributed by atoms with Crippen LogP contribution in [0.2, 0.25) is 5.02 Å². The van der Waals surface area contributed by atoms with E-state index in [9.17, 15) is 9.59 Å². The zero-order chi connectivity index (χ0) is 11.7. The van der Waals surface area contributed by atoms with E-state index in [-0.39, 0.29) is 24.7 Å². The van der Waals surface area contributed by atoms with Crippen LogP contribution in [-0.4, -0.2) is 16.7 Å². The first-order chi connectivity index (χ1) is 7.59. The molecule has 1 heterocycles. The fraction of sp³-hybridized carbons (Fsp3) is 0.167. The summed E-state index contributed by atoms with van der Waals surface area (Å²) in [7, 11) is 0. The quantitative estimate of drug-likeness (QED) is 0.739. The summed E-state index contributed by atoms with van der Waals surface area (Å²) >= 11 is 5.76. The number of rotatable bonds is 2. The Labute approximate surface area is 98.3 Å².